The van der Waals surface area contributed by atoms with Gasteiger partial charge in [-0.1, -0.05) is 0 Å². The molecule has 2 aromatic heterocycles. The van der Waals surface area contributed by atoms with Gasteiger partial charge in [0.15, 0.2) is 0 Å². The van der Waals surface area contributed by atoms with Gasteiger partial charge in [-0.25, -0.2) is 9.97 Å². The van der Waals surface area contributed by atoms with E-state index in [1.165, 1.54) is 0 Å². The summed E-state index contributed by atoms with van der Waals surface area (Å²) >= 11 is 0. The van der Waals surface area contributed by atoms with Gasteiger partial charge in [-0.15, -0.1) is 0 Å². The molecule has 2 rings (SSSR count). The fourth-order valence-corrected chi connectivity index (χ4v) is 1.31. The molecule has 2 aromatic rings. The van der Waals surface area contributed by atoms with Gasteiger partial charge in [0.05, 0.1) is 11.8 Å². The lowest BCUT2D eigenvalue weighted by Crippen LogP contribution is -2.06. The van der Waals surface area contributed by atoms with E-state index in [0.29, 0.717) is 24.4 Å². The van der Waals surface area contributed by atoms with Crippen LogP contribution in [0.3, 0.4) is 0 Å². The van der Waals surface area contributed by atoms with Gasteiger partial charge >= 0.3 is 0 Å². The predicted molar refractivity (Wildman–Crippen MR) is 51.6 cm³/mol. The number of aliphatic hydroxyl groups is 1. The van der Waals surface area contributed by atoms with Gasteiger partial charge in [-0.3, -0.25) is 4.40 Å². The van der Waals surface area contributed by atoms with Gasteiger partial charge in [0.1, 0.15) is 0 Å². The maximum Gasteiger partial charge on any atom is 0.234 e. The second kappa shape index (κ2) is 3.73. The minimum Gasteiger partial charge on any atom is -0.387 e. The molecule has 0 spiro atoms. The quantitative estimate of drug-likeness (QED) is 0.723. The molecule has 0 aromatic carbocycles. The number of aromatic nitrogens is 3. The first kappa shape index (κ1) is 9.11. The van der Waals surface area contributed by atoms with Crippen LogP contribution in [0.5, 0.6) is 0 Å². The predicted octanol–water partition coefficient (Wildman–Crippen LogP) is 0.112. The van der Waals surface area contributed by atoms with E-state index in [2.05, 4.69) is 9.97 Å². The Morgan fingerprint density at radius 1 is 1.57 bits per heavy atom. The Kier molecular flexibility index (Phi) is 2.43. The van der Waals surface area contributed by atoms with Crippen LogP contribution in [0.15, 0.2) is 24.7 Å². The second-order valence-corrected chi connectivity index (χ2v) is 3.09. The summed E-state index contributed by atoms with van der Waals surface area (Å²) in [5, 5.41) is 9.64. The van der Waals surface area contributed by atoms with Crippen molar-refractivity contribution in [3.8, 4) is 0 Å². The summed E-state index contributed by atoms with van der Waals surface area (Å²) in [7, 11) is 0. The molecule has 0 saturated heterocycles. The van der Waals surface area contributed by atoms with Crippen molar-refractivity contribution < 1.29 is 5.11 Å². The number of fused-ring (bicyclic) bond motifs is 1. The average molecular weight is 192 g/mol. The van der Waals surface area contributed by atoms with Crippen LogP contribution in [0.25, 0.3) is 5.78 Å². The number of nitrogens with zero attached hydrogens (tertiary/aromatic N) is 3. The summed E-state index contributed by atoms with van der Waals surface area (Å²) in [6.45, 7) is 0.447. The van der Waals surface area contributed by atoms with Gasteiger partial charge in [0, 0.05) is 18.6 Å². The van der Waals surface area contributed by atoms with Gasteiger partial charge in [0.25, 0.3) is 0 Å². The van der Waals surface area contributed by atoms with Crippen LogP contribution < -0.4 is 5.73 Å². The van der Waals surface area contributed by atoms with Gasteiger partial charge in [-0.2, -0.15) is 0 Å². The van der Waals surface area contributed by atoms with Crippen LogP contribution in [-0.2, 0) is 0 Å². The Morgan fingerprint density at radius 2 is 2.43 bits per heavy atom. The second-order valence-electron chi connectivity index (χ2n) is 3.09. The third-order valence-corrected chi connectivity index (χ3v) is 2.04. The number of aliphatic hydroxyl groups excluding tert-OH is 1. The fraction of sp³-hybridized carbons (Fsp3) is 0.333. The molecule has 1 unspecified atom stereocenters. The normalized spacial score (nSPS) is 13.3. The molecule has 5 nitrogen and oxygen atoms in total. The van der Waals surface area contributed by atoms with E-state index in [9.17, 15) is 5.11 Å². The van der Waals surface area contributed by atoms with Crippen LogP contribution >= 0.6 is 0 Å². The molecule has 0 amide bonds. The summed E-state index contributed by atoms with van der Waals surface area (Å²) in [5.41, 5.74) is 5.97. The SMILES string of the molecule is NCCC(O)c1cn2cccnc2n1. The molecule has 0 aliphatic heterocycles. The zero-order valence-electron chi connectivity index (χ0n) is 7.67. The van der Waals surface area contributed by atoms with E-state index in [-0.39, 0.29) is 0 Å². The third kappa shape index (κ3) is 1.59. The van der Waals surface area contributed by atoms with E-state index in [1.807, 2.05) is 12.3 Å². The number of rotatable bonds is 3. The van der Waals surface area contributed by atoms with Crippen molar-refractivity contribution in [1.29, 1.82) is 0 Å². The van der Waals surface area contributed by atoms with Crippen molar-refractivity contribution in [3.63, 3.8) is 0 Å². The molecular formula is C9H12N4O. The Morgan fingerprint density at radius 3 is 3.14 bits per heavy atom. The van der Waals surface area contributed by atoms with Crippen molar-refractivity contribution >= 4 is 5.78 Å². The maximum absolute atomic E-state index is 9.64. The smallest absolute Gasteiger partial charge is 0.234 e. The number of nitrogens with two attached hydrogens (primary N) is 1. The first-order valence-electron chi connectivity index (χ1n) is 4.49. The Labute approximate surface area is 81.2 Å². The highest BCUT2D eigenvalue weighted by molar-refractivity contribution is 5.30. The topological polar surface area (TPSA) is 76.4 Å². The number of imidazole rings is 1. The van der Waals surface area contributed by atoms with Gasteiger partial charge in [-0.05, 0) is 19.0 Å². The van der Waals surface area contributed by atoms with Crippen molar-refractivity contribution in [2.24, 2.45) is 5.73 Å². The lowest BCUT2D eigenvalue weighted by molar-refractivity contribution is 0.166. The molecule has 0 fully saturated rings. The van der Waals surface area contributed by atoms with Crippen molar-refractivity contribution in [3.05, 3.63) is 30.4 Å². The molecule has 0 saturated carbocycles. The van der Waals surface area contributed by atoms with Crippen molar-refractivity contribution in [1.82, 2.24) is 14.4 Å². The number of hydrogen-bond donors (Lipinski definition) is 2. The van der Waals surface area contributed by atoms with Crippen LogP contribution in [0, 0.1) is 0 Å². The van der Waals surface area contributed by atoms with E-state index in [1.54, 1.807) is 16.8 Å². The van der Waals surface area contributed by atoms with Gasteiger partial charge in [0.2, 0.25) is 5.78 Å². The molecule has 0 bridgehead atoms. The van der Waals surface area contributed by atoms with E-state index in [0.717, 1.165) is 0 Å². The zero-order valence-corrected chi connectivity index (χ0v) is 7.67. The Hall–Kier alpha value is -1.46. The summed E-state index contributed by atoms with van der Waals surface area (Å²) in [5.74, 6) is 0.596. The maximum atomic E-state index is 9.64. The highest BCUT2D eigenvalue weighted by Crippen LogP contribution is 2.14. The van der Waals surface area contributed by atoms with E-state index in [4.69, 9.17) is 5.73 Å². The van der Waals surface area contributed by atoms with Crippen LogP contribution in [0.4, 0.5) is 0 Å². The van der Waals surface area contributed by atoms with Crippen molar-refractivity contribution in [2.45, 2.75) is 12.5 Å². The molecule has 74 valence electrons. The molecule has 3 N–H and O–H groups in total. The van der Waals surface area contributed by atoms with Crippen molar-refractivity contribution in [2.75, 3.05) is 6.54 Å². The van der Waals surface area contributed by atoms with Gasteiger partial charge < -0.3 is 10.8 Å². The average Bonchev–Trinajstić information content (AvgIpc) is 2.61. The molecular weight excluding hydrogens is 180 g/mol. The summed E-state index contributed by atoms with van der Waals surface area (Å²) in [6, 6.07) is 1.81. The van der Waals surface area contributed by atoms with E-state index >= 15 is 0 Å². The summed E-state index contributed by atoms with van der Waals surface area (Å²) in [6.07, 6.45) is 5.20. The molecule has 0 radical (unpaired) electrons. The minimum absolute atomic E-state index is 0.447. The molecule has 5 heteroatoms. The van der Waals surface area contributed by atoms with E-state index < -0.39 is 6.10 Å². The molecule has 14 heavy (non-hydrogen) atoms. The summed E-state index contributed by atoms with van der Waals surface area (Å²) in [4.78, 5) is 8.23. The lowest BCUT2D eigenvalue weighted by atomic mass is 10.2. The largest absolute Gasteiger partial charge is 0.387 e. The standard InChI is InChI=1S/C9H12N4O/c10-3-2-8(14)7-6-13-5-1-4-11-9(13)12-7/h1,4-6,8,14H,2-3,10H2. The molecule has 1 atom stereocenters. The number of hydrogen-bond acceptors (Lipinski definition) is 4. The van der Waals surface area contributed by atoms with Crippen LogP contribution in [-0.4, -0.2) is 26.0 Å². The molecule has 0 aliphatic carbocycles. The highest BCUT2D eigenvalue weighted by Gasteiger charge is 2.10. The highest BCUT2D eigenvalue weighted by atomic mass is 16.3. The Bertz CT molecular complexity index is 392. The molecule has 0 aliphatic rings. The monoisotopic (exact) mass is 192 g/mol. The fourth-order valence-electron chi connectivity index (χ4n) is 1.31. The van der Waals surface area contributed by atoms with Crippen LogP contribution in [0.2, 0.25) is 0 Å². The van der Waals surface area contributed by atoms with Crippen LogP contribution in [0.1, 0.15) is 18.2 Å². The zero-order chi connectivity index (χ0) is 9.97. The third-order valence-electron chi connectivity index (χ3n) is 2.04. The lowest BCUT2D eigenvalue weighted by Gasteiger charge is -2.03. The first-order chi connectivity index (χ1) is 6.81. The molecule has 2 heterocycles. The Balaban J connectivity index is 2.35. The first-order valence-corrected chi connectivity index (χ1v) is 4.49. The summed E-state index contributed by atoms with van der Waals surface area (Å²) < 4.78 is 1.77. The minimum atomic E-state index is -0.596.